The van der Waals surface area contributed by atoms with Gasteiger partial charge in [0, 0.05) is 40.0 Å². The van der Waals surface area contributed by atoms with Crippen molar-refractivity contribution in [2.45, 2.75) is 40.0 Å². The third-order valence-electron chi connectivity index (χ3n) is 2.53. The van der Waals surface area contributed by atoms with Gasteiger partial charge >= 0.3 is 25.7 Å². The summed E-state index contributed by atoms with van der Waals surface area (Å²) in [4.78, 5) is 32.0. The van der Waals surface area contributed by atoms with E-state index in [2.05, 4.69) is 0 Å². The van der Waals surface area contributed by atoms with E-state index >= 15 is 0 Å². The summed E-state index contributed by atoms with van der Waals surface area (Å²) in [6, 6.07) is 0. The molecule has 0 rings (SSSR count). The van der Waals surface area contributed by atoms with Crippen molar-refractivity contribution in [1.82, 2.24) is 0 Å². The molecule has 0 aromatic rings. The maximum atomic E-state index is 12.5. The normalized spacial score (nSPS) is 11.0. The molecule has 0 heterocycles. The van der Waals surface area contributed by atoms with E-state index in [9.17, 15) is 18.9 Å². The molecule has 0 unspecified atom stereocenters. The molecule has 0 aromatic heterocycles. The Hall–Kier alpha value is -1.48. The Balaban J connectivity index is 4.22. The molecule has 11 heteroatoms. The zero-order valence-electron chi connectivity index (χ0n) is 15.4. The Labute approximate surface area is 153 Å². The first-order valence-electron chi connectivity index (χ1n) is 8.19. The molecule has 152 valence electrons. The van der Waals surface area contributed by atoms with Crippen molar-refractivity contribution < 1.29 is 46.7 Å². The van der Waals surface area contributed by atoms with Crippen molar-refractivity contribution in [3.8, 4) is 0 Å². The van der Waals surface area contributed by atoms with E-state index < -0.39 is 25.7 Å². The molecule has 0 aliphatic carbocycles. The summed E-state index contributed by atoms with van der Waals surface area (Å²) in [5.74, 6) is -1.26. The maximum Gasteiger partial charge on any atom is 0.474 e. The van der Waals surface area contributed by atoms with E-state index in [1.807, 2.05) is 0 Å². The minimum atomic E-state index is -3.83. The van der Waals surface area contributed by atoms with Gasteiger partial charge in [0.25, 0.3) is 0 Å². The minimum Gasteiger partial charge on any atom is -0.466 e. The molecule has 26 heavy (non-hydrogen) atoms. The summed E-state index contributed by atoms with van der Waals surface area (Å²) in [7, 11) is -3.83. The monoisotopic (exact) mass is 398 g/mol. The number of phosphoric acid groups is 1. The highest BCUT2D eigenvalue weighted by atomic mass is 31.2. The number of carbonyl (C=O) groups excluding carboxylic acids is 3. The molecule has 0 aliphatic rings. The first-order valence-corrected chi connectivity index (χ1v) is 9.65. The smallest absolute Gasteiger partial charge is 0.466 e. The van der Waals surface area contributed by atoms with Crippen LogP contribution in [0.15, 0.2) is 0 Å². The number of hydrogen-bond donors (Lipinski definition) is 0. The van der Waals surface area contributed by atoms with Crippen LogP contribution < -0.4 is 0 Å². The number of ether oxygens (including phenoxy) is 3. The van der Waals surface area contributed by atoms with Crippen LogP contribution in [0.3, 0.4) is 0 Å². The number of phosphoric ester groups is 1. The lowest BCUT2D eigenvalue weighted by molar-refractivity contribution is -0.142. The van der Waals surface area contributed by atoms with Gasteiger partial charge < -0.3 is 14.2 Å². The van der Waals surface area contributed by atoms with Gasteiger partial charge in [-0.15, -0.1) is 0 Å². The average molecular weight is 398 g/mol. The molecule has 0 aliphatic heterocycles. The van der Waals surface area contributed by atoms with Gasteiger partial charge in [0.15, 0.2) is 0 Å². The maximum absolute atomic E-state index is 12.5. The summed E-state index contributed by atoms with van der Waals surface area (Å²) in [6.07, 6.45) is 0.950. The zero-order chi connectivity index (χ0) is 19.8. The second kappa shape index (κ2) is 14.7. The van der Waals surface area contributed by atoms with Gasteiger partial charge in [-0.3, -0.25) is 28.0 Å². The quantitative estimate of drug-likeness (QED) is 0.175. The number of hydrogen-bond acceptors (Lipinski definition) is 10. The molecule has 0 radical (unpaired) electrons. The molecule has 0 aromatic carbocycles. The third-order valence-corrected chi connectivity index (χ3v) is 4.03. The summed E-state index contributed by atoms with van der Waals surface area (Å²) in [5, 5.41) is 0. The Morgan fingerprint density at radius 2 is 0.846 bits per heavy atom. The Kier molecular flexibility index (Phi) is 13.8. The third kappa shape index (κ3) is 16.0. The molecular weight excluding hydrogens is 371 g/mol. The molecule has 0 saturated carbocycles. The standard InChI is InChI=1S/C15H27O10P/c1-13(16)20-7-4-10-23-26(19,24-11-5-8-21-14(2)17)25-12-6-9-22-15(3)18/h4-12H2,1-3H3. The van der Waals surface area contributed by atoms with E-state index in [-0.39, 0.29) is 39.6 Å². The molecule has 0 bridgehead atoms. The first-order chi connectivity index (χ1) is 12.2. The Morgan fingerprint density at radius 1 is 0.577 bits per heavy atom. The molecule has 0 amide bonds. The lowest BCUT2D eigenvalue weighted by atomic mass is 10.5. The largest absolute Gasteiger partial charge is 0.474 e. The second-order valence-corrected chi connectivity index (χ2v) is 6.70. The molecule has 0 spiro atoms. The lowest BCUT2D eigenvalue weighted by Crippen LogP contribution is -2.09. The fourth-order valence-electron chi connectivity index (χ4n) is 1.47. The molecule has 0 atom stereocenters. The summed E-state index contributed by atoms with van der Waals surface area (Å²) in [6.45, 7) is 4.20. The summed E-state index contributed by atoms with van der Waals surface area (Å²) < 4.78 is 42.2. The fourth-order valence-corrected chi connectivity index (χ4v) is 2.75. The van der Waals surface area contributed by atoms with Gasteiger partial charge in [-0.2, -0.15) is 0 Å². The summed E-state index contributed by atoms with van der Waals surface area (Å²) in [5.41, 5.74) is 0. The van der Waals surface area contributed by atoms with Crippen LogP contribution in [0.4, 0.5) is 0 Å². The van der Waals surface area contributed by atoms with Gasteiger partial charge in [0.05, 0.1) is 39.6 Å². The number of esters is 3. The van der Waals surface area contributed by atoms with Crippen LogP contribution in [0.2, 0.25) is 0 Å². The second-order valence-electron chi connectivity index (χ2n) is 5.03. The van der Waals surface area contributed by atoms with Gasteiger partial charge in [-0.25, -0.2) is 4.57 Å². The van der Waals surface area contributed by atoms with Gasteiger partial charge in [-0.05, 0) is 0 Å². The van der Waals surface area contributed by atoms with Crippen LogP contribution in [0, 0.1) is 0 Å². The van der Waals surface area contributed by atoms with Crippen LogP contribution >= 0.6 is 7.82 Å². The Morgan fingerprint density at radius 3 is 1.08 bits per heavy atom. The van der Waals surface area contributed by atoms with Crippen molar-refractivity contribution >= 4 is 25.7 Å². The topological polar surface area (TPSA) is 124 Å². The van der Waals surface area contributed by atoms with Crippen LogP contribution in [0.25, 0.3) is 0 Å². The van der Waals surface area contributed by atoms with Crippen molar-refractivity contribution in [3.63, 3.8) is 0 Å². The number of carbonyl (C=O) groups is 3. The van der Waals surface area contributed by atoms with E-state index in [4.69, 9.17) is 27.8 Å². The van der Waals surface area contributed by atoms with Crippen molar-refractivity contribution in [2.75, 3.05) is 39.6 Å². The van der Waals surface area contributed by atoms with Gasteiger partial charge in [0.1, 0.15) is 0 Å². The number of rotatable bonds is 15. The van der Waals surface area contributed by atoms with Crippen LogP contribution in [-0.4, -0.2) is 57.5 Å². The van der Waals surface area contributed by atoms with Gasteiger partial charge in [-0.1, -0.05) is 0 Å². The zero-order valence-corrected chi connectivity index (χ0v) is 16.3. The Bertz CT molecular complexity index is 412. The van der Waals surface area contributed by atoms with E-state index in [1.165, 1.54) is 20.8 Å². The molecular formula is C15H27O10P. The average Bonchev–Trinajstić information content (AvgIpc) is 2.53. The van der Waals surface area contributed by atoms with Crippen molar-refractivity contribution in [3.05, 3.63) is 0 Å². The van der Waals surface area contributed by atoms with Crippen molar-refractivity contribution in [1.29, 1.82) is 0 Å². The molecule has 0 N–H and O–H groups in total. The van der Waals surface area contributed by atoms with Crippen molar-refractivity contribution in [2.24, 2.45) is 0 Å². The van der Waals surface area contributed by atoms with Gasteiger partial charge in [0.2, 0.25) is 0 Å². The highest BCUT2D eigenvalue weighted by Gasteiger charge is 2.26. The van der Waals surface area contributed by atoms with Crippen LogP contribution in [0.5, 0.6) is 0 Å². The summed E-state index contributed by atoms with van der Waals surface area (Å²) >= 11 is 0. The molecule has 0 fully saturated rings. The van der Waals surface area contributed by atoms with Crippen LogP contribution in [0.1, 0.15) is 40.0 Å². The van der Waals surface area contributed by atoms with Crippen LogP contribution in [-0.2, 0) is 46.7 Å². The van der Waals surface area contributed by atoms with E-state index in [0.717, 1.165) is 0 Å². The predicted molar refractivity (Wildman–Crippen MR) is 89.2 cm³/mol. The first kappa shape index (κ1) is 24.5. The lowest BCUT2D eigenvalue weighted by Gasteiger charge is -2.18. The minimum absolute atomic E-state index is 0.00154. The van der Waals surface area contributed by atoms with E-state index in [0.29, 0.717) is 19.3 Å². The van der Waals surface area contributed by atoms with E-state index in [1.54, 1.807) is 0 Å². The molecule has 10 nitrogen and oxygen atoms in total. The highest BCUT2D eigenvalue weighted by molar-refractivity contribution is 7.48. The predicted octanol–water partition coefficient (Wildman–Crippen LogP) is 2.00. The highest BCUT2D eigenvalue weighted by Crippen LogP contribution is 2.49. The fraction of sp³-hybridized carbons (Fsp3) is 0.800. The SMILES string of the molecule is CC(=O)OCCCOP(=O)(OCCCOC(C)=O)OCCCOC(C)=O. The molecule has 0 saturated heterocycles.